The molecule has 0 radical (unpaired) electrons. The van der Waals surface area contributed by atoms with Crippen LogP contribution in [-0.4, -0.2) is 45.7 Å². The zero-order valence-electron chi connectivity index (χ0n) is 13.2. The van der Waals surface area contributed by atoms with Gasteiger partial charge in [-0.15, -0.1) is 0 Å². The van der Waals surface area contributed by atoms with Gasteiger partial charge < -0.3 is 20.4 Å². The molecule has 1 saturated heterocycles. The van der Waals surface area contributed by atoms with Gasteiger partial charge in [-0.2, -0.15) is 0 Å². The fourth-order valence-corrected chi connectivity index (χ4v) is 3.17. The van der Waals surface area contributed by atoms with E-state index in [-0.39, 0.29) is 6.04 Å². The molecule has 7 nitrogen and oxygen atoms in total. The van der Waals surface area contributed by atoms with E-state index in [4.69, 9.17) is 27.1 Å². The van der Waals surface area contributed by atoms with Crippen LogP contribution in [0.4, 0.5) is 11.6 Å². The normalized spacial score (nSPS) is 18.2. The largest absolute Gasteiger partial charge is 0.384 e. The number of rotatable bonds is 2. The van der Waals surface area contributed by atoms with Crippen molar-refractivity contribution in [3.8, 4) is 11.4 Å². The molecular weight excluding hydrogens is 328 g/mol. The highest BCUT2D eigenvalue weighted by Crippen LogP contribution is 2.30. The maximum atomic E-state index is 6.14. The first kappa shape index (κ1) is 15.2. The van der Waals surface area contributed by atoms with E-state index in [2.05, 4.69) is 26.8 Å². The molecule has 124 valence electrons. The average Bonchev–Trinajstić information content (AvgIpc) is 3.02. The standard InChI is InChI=1S/C16H17ClN6O/c1-9-8-24-5-4-23(9)14-7-13(18)21-16(22-14)11-6-12(17)20-15-10(11)2-3-19-15/h2-3,6-7,9H,4-5,8H2,1H3,(H,19,20)(H2,18,21,22). The molecule has 3 aromatic heterocycles. The molecule has 0 saturated carbocycles. The topological polar surface area (TPSA) is 93.0 Å². The first-order chi connectivity index (χ1) is 11.6. The second-order valence-electron chi connectivity index (χ2n) is 5.82. The molecule has 3 aromatic rings. The number of nitrogens with zero attached hydrogens (tertiary/aromatic N) is 4. The van der Waals surface area contributed by atoms with Crippen LogP contribution < -0.4 is 10.6 Å². The minimum Gasteiger partial charge on any atom is -0.384 e. The summed E-state index contributed by atoms with van der Waals surface area (Å²) in [4.78, 5) is 18.6. The first-order valence-corrected chi connectivity index (χ1v) is 8.12. The van der Waals surface area contributed by atoms with E-state index in [9.17, 15) is 0 Å². The summed E-state index contributed by atoms with van der Waals surface area (Å²) < 4.78 is 5.50. The number of fused-ring (bicyclic) bond motifs is 1. The van der Waals surface area contributed by atoms with Gasteiger partial charge in [0.25, 0.3) is 0 Å². The number of ether oxygens (including phenoxy) is 1. The van der Waals surface area contributed by atoms with Crippen molar-refractivity contribution in [2.45, 2.75) is 13.0 Å². The number of nitrogens with one attached hydrogen (secondary N) is 1. The zero-order chi connectivity index (χ0) is 16.7. The molecule has 1 fully saturated rings. The van der Waals surface area contributed by atoms with E-state index >= 15 is 0 Å². The maximum Gasteiger partial charge on any atom is 0.164 e. The molecule has 0 amide bonds. The van der Waals surface area contributed by atoms with Gasteiger partial charge in [0.2, 0.25) is 0 Å². The van der Waals surface area contributed by atoms with Crippen molar-refractivity contribution in [3.05, 3.63) is 29.5 Å². The van der Waals surface area contributed by atoms with Gasteiger partial charge in [0.05, 0.1) is 19.3 Å². The molecule has 1 aliphatic rings. The van der Waals surface area contributed by atoms with E-state index in [1.807, 2.05) is 12.3 Å². The van der Waals surface area contributed by atoms with Crippen LogP contribution in [0.15, 0.2) is 24.4 Å². The van der Waals surface area contributed by atoms with E-state index in [1.165, 1.54) is 0 Å². The lowest BCUT2D eigenvalue weighted by atomic mass is 10.1. The minimum atomic E-state index is 0.231. The van der Waals surface area contributed by atoms with Crippen molar-refractivity contribution in [3.63, 3.8) is 0 Å². The third-order valence-corrected chi connectivity index (χ3v) is 4.33. The third-order valence-electron chi connectivity index (χ3n) is 4.13. The van der Waals surface area contributed by atoms with Crippen LogP contribution in [0.3, 0.4) is 0 Å². The average molecular weight is 345 g/mol. The number of nitrogens with two attached hydrogens (primary N) is 1. The number of hydrogen-bond donors (Lipinski definition) is 2. The number of aromatic nitrogens is 4. The Morgan fingerprint density at radius 1 is 1.33 bits per heavy atom. The molecule has 1 aliphatic heterocycles. The van der Waals surface area contributed by atoms with Crippen LogP contribution in [0, 0.1) is 0 Å². The Morgan fingerprint density at radius 3 is 3.04 bits per heavy atom. The Labute approximate surface area is 143 Å². The van der Waals surface area contributed by atoms with Crippen molar-refractivity contribution in [2.24, 2.45) is 0 Å². The van der Waals surface area contributed by atoms with Crippen LogP contribution >= 0.6 is 11.6 Å². The number of H-pyrrole nitrogens is 1. The smallest absolute Gasteiger partial charge is 0.164 e. The summed E-state index contributed by atoms with van der Waals surface area (Å²) in [7, 11) is 0. The van der Waals surface area contributed by atoms with Gasteiger partial charge in [0, 0.05) is 29.8 Å². The lowest BCUT2D eigenvalue weighted by Gasteiger charge is -2.34. The van der Waals surface area contributed by atoms with Gasteiger partial charge in [-0.1, -0.05) is 11.6 Å². The van der Waals surface area contributed by atoms with E-state index in [0.717, 1.165) is 23.3 Å². The number of pyridine rings is 1. The molecule has 1 unspecified atom stereocenters. The monoisotopic (exact) mass is 344 g/mol. The van der Waals surface area contributed by atoms with Gasteiger partial charge in [0.15, 0.2) is 5.82 Å². The summed E-state index contributed by atoms with van der Waals surface area (Å²) in [6.07, 6.45) is 1.81. The Kier molecular flexibility index (Phi) is 3.74. The molecule has 8 heteroatoms. The van der Waals surface area contributed by atoms with Crippen LogP contribution in [0.1, 0.15) is 6.92 Å². The van der Waals surface area contributed by atoms with Crippen LogP contribution in [-0.2, 0) is 4.74 Å². The fraction of sp³-hybridized carbons (Fsp3) is 0.312. The molecule has 24 heavy (non-hydrogen) atoms. The van der Waals surface area contributed by atoms with Crippen molar-refractivity contribution in [2.75, 3.05) is 30.4 Å². The third kappa shape index (κ3) is 2.65. The van der Waals surface area contributed by atoms with E-state index in [1.54, 1.807) is 12.1 Å². The van der Waals surface area contributed by atoms with Crippen molar-refractivity contribution in [1.29, 1.82) is 0 Å². The predicted octanol–water partition coefficient (Wildman–Crippen LogP) is 2.48. The quantitative estimate of drug-likeness (QED) is 0.694. The van der Waals surface area contributed by atoms with Crippen molar-refractivity contribution in [1.82, 2.24) is 19.9 Å². The number of morpholine rings is 1. The van der Waals surface area contributed by atoms with Gasteiger partial charge in [-0.3, -0.25) is 0 Å². The van der Waals surface area contributed by atoms with E-state index in [0.29, 0.717) is 35.7 Å². The zero-order valence-corrected chi connectivity index (χ0v) is 13.9. The molecule has 0 bridgehead atoms. The number of anilines is 2. The minimum absolute atomic E-state index is 0.231. The molecule has 4 rings (SSSR count). The Balaban J connectivity index is 1.85. The molecule has 0 aromatic carbocycles. The molecule has 0 aliphatic carbocycles. The second kappa shape index (κ2) is 5.92. The Bertz CT molecular complexity index is 895. The first-order valence-electron chi connectivity index (χ1n) is 7.75. The maximum absolute atomic E-state index is 6.14. The van der Waals surface area contributed by atoms with Crippen LogP contribution in [0.25, 0.3) is 22.4 Å². The van der Waals surface area contributed by atoms with Crippen LogP contribution in [0.5, 0.6) is 0 Å². The summed E-state index contributed by atoms with van der Waals surface area (Å²) >= 11 is 6.14. The summed E-state index contributed by atoms with van der Waals surface area (Å²) in [6, 6.07) is 5.72. The second-order valence-corrected chi connectivity index (χ2v) is 6.21. The fourth-order valence-electron chi connectivity index (χ4n) is 2.98. The molecule has 1 atom stereocenters. The van der Waals surface area contributed by atoms with E-state index < -0.39 is 0 Å². The summed E-state index contributed by atoms with van der Waals surface area (Å²) in [5, 5.41) is 1.29. The van der Waals surface area contributed by atoms with Gasteiger partial charge >= 0.3 is 0 Å². The molecule has 3 N–H and O–H groups in total. The van der Waals surface area contributed by atoms with Crippen molar-refractivity contribution >= 4 is 34.3 Å². The summed E-state index contributed by atoms with van der Waals surface area (Å²) in [6.45, 7) is 4.22. The lowest BCUT2D eigenvalue weighted by Crippen LogP contribution is -2.44. The molecule has 0 spiro atoms. The number of hydrogen-bond acceptors (Lipinski definition) is 6. The highest BCUT2D eigenvalue weighted by atomic mass is 35.5. The number of aromatic amines is 1. The molecule has 4 heterocycles. The lowest BCUT2D eigenvalue weighted by molar-refractivity contribution is 0.0985. The SMILES string of the molecule is CC1COCCN1c1cc(N)nc(-c2cc(Cl)nc3[nH]ccc23)n1. The van der Waals surface area contributed by atoms with Crippen molar-refractivity contribution < 1.29 is 4.74 Å². The predicted molar refractivity (Wildman–Crippen MR) is 94.2 cm³/mol. The number of halogens is 1. The highest BCUT2D eigenvalue weighted by Gasteiger charge is 2.22. The Morgan fingerprint density at radius 2 is 2.21 bits per heavy atom. The van der Waals surface area contributed by atoms with Gasteiger partial charge in [0.1, 0.15) is 22.4 Å². The summed E-state index contributed by atoms with van der Waals surface area (Å²) in [5.41, 5.74) is 7.55. The van der Waals surface area contributed by atoms with Gasteiger partial charge in [-0.25, -0.2) is 15.0 Å². The Hall–Kier alpha value is -2.38. The van der Waals surface area contributed by atoms with Gasteiger partial charge in [-0.05, 0) is 19.1 Å². The van der Waals surface area contributed by atoms with Crippen LogP contribution in [0.2, 0.25) is 5.15 Å². The number of nitrogen functional groups attached to an aromatic ring is 1. The summed E-state index contributed by atoms with van der Waals surface area (Å²) in [5.74, 6) is 1.76. The highest BCUT2D eigenvalue weighted by molar-refractivity contribution is 6.30. The molecular formula is C16H17ClN6O.